The Morgan fingerprint density at radius 2 is 2.13 bits per heavy atom. The third-order valence-electron chi connectivity index (χ3n) is 2.51. The van der Waals surface area contributed by atoms with E-state index in [2.05, 4.69) is 4.90 Å². The smallest absolute Gasteiger partial charge is 0.126 e. The van der Waals surface area contributed by atoms with Gasteiger partial charge in [0.25, 0.3) is 0 Å². The van der Waals surface area contributed by atoms with E-state index in [1.54, 1.807) is 19.1 Å². The van der Waals surface area contributed by atoms with E-state index in [0.29, 0.717) is 18.7 Å². The van der Waals surface area contributed by atoms with Gasteiger partial charge in [0.2, 0.25) is 0 Å². The van der Waals surface area contributed by atoms with E-state index in [4.69, 9.17) is 5.11 Å². The second-order valence-corrected chi connectivity index (χ2v) is 3.68. The Kier molecular flexibility index (Phi) is 4.72. The van der Waals surface area contributed by atoms with Crippen molar-refractivity contribution in [2.45, 2.75) is 20.4 Å². The molecule has 0 aliphatic heterocycles. The van der Waals surface area contributed by atoms with Crippen LogP contribution in [0.2, 0.25) is 0 Å². The highest BCUT2D eigenvalue weighted by atomic mass is 19.1. The molecule has 15 heavy (non-hydrogen) atoms. The molecule has 0 unspecified atom stereocenters. The van der Waals surface area contributed by atoms with E-state index in [1.807, 2.05) is 13.0 Å². The zero-order chi connectivity index (χ0) is 11.3. The molecule has 0 fully saturated rings. The maximum Gasteiger partial charge on any atom is 0.126 e. The highest BCUT2D eigenvalue weighted by molar-refractivity contribution is 5.23. The summed E-state index contributed by atoms with van der Waals surface area (Å²) in [5.74, 6) is -0.160. The van der Waals surface area contributed by atoms with Crippen LogP contribution in [-0.2, 0) is 6.54 Å². The molecule has 0 aliphatic rings. The molecule has 1 rings (SSSR count). The number of hydrogen-bond acceptors (Lipinski definition) is 2. The van der Waals surface area contributed by atoms with E-state index in [0.717, 1.165) is 12.1 Å². The van der Waals surface area contributed by atoms with Crippen LogP contribution in [0, 0.1) is 12.7 Å². The zero-order valence-electron chi connectivity index (χ0n) is 9.33. The topological polar surface area (TPSA) is 23.5 Å². The van der Waals surface area contributed by atoms with Crippen molar-refractivity contribution >= 4 is 0 Å². The zero-order valence-corrected chi connectivity index (χ0v) is 9.33. The molecule has 84 valence electrons. The number of aliphatic hydroxyl groups is 1. The molecular formula is C12H18FNO. The SMILES string of the molecule is CCN(CCO)Cc1ccc(C)c(F)c1. The minimum atomic E-state index is -0.160. The van der Waals surface area contributed by atoms with Crippen molar-refractivity contribution in [3.8, 4) is 0 Å². The van der Waals surface area contributed by atoms with Crippen LogP contribution in [0.15, 0.2) is 18.2 Å². The Bertz CT molecular complexity index is 314. The Morgan fingerprint density at radius 3 is 2.67 bits per heavy atom. The molecule has 0 aliphatic carbocycles. The molecule has 1 aromatic carbocycles. The normalized spacial score (nSPS) is 11.0. The van der Waals surface area contributed by atoms with Crippen molar-refractivity contribution in [3.05, 3.63) is 35.1 Å². The summed E-state index contributed by atoms with van der Waals surface area (Å²) in [7, 11) is 0. The van der Waals surface area contributed by atoms with E-state index < -0.39 is 0 Å². The number of aryl methyl sites for hydroxylation is 1. The maximum atomic E-state index is 13.3. The standard InChI is InChI=1S/C12H18FNO/c1-3-14(6-7-15)9-11-5-4-10(2)12(13)8-11/h4-5,8,15H,3,6-7,9H2,1-2H3. The molecule has 0 aromatic heterocycles. The number of benzene rings is 1. The predicted octanol–water partition coefficient (Wildman–Crippen LogP) is 1.95. The van der Waals surface area contributed by atoms with Crippen LogP contribution < -0.4 is 0 Å². The van der Waals surface area contributed by atoms with Gasteiger partial charge in [-0.1, -0.05) is 19.1 Å². The number of hydrogen-bond donors (Lipinski definition) is 1. The third-order valence-corrected chi connectivity index (χ3v) is 2.51. The van der Waals surface area contributed by atoms with Crippen LogP contribution in [0.25, 0.3) is 0 Å². The van der Waals surface area contributed by atoms with E-state index in [9.17, 15) is 4.39 Å². The summed E-state index contributed by atoms with van der Waals surface area (Å²) in [6.07, 6.45) is 0. The summed E-state index contributed by atoms with van der Waals surface area (Å²) < 4.78 is 13.3. The summed E-state index contributed by atoms with van der Waals surface area (Å²) in [6, 6.07) is 5.28. The molecule has 0 spiro atoms. The monoisotopic (exact) mass is 211 g/mol. The second-order valence-electron chi connectivity index (χ2n) is 3.68. The fourth-order valence-corrected chi connectivity index (χ4v) is 1.48. The number of likely N-dealkylation sites (N-methyl/N-ethyl adjacent to an activating group) is 1. The van der Waals surface area contributed by atoms with E-state index in [1.165, 1.54) is 0 Å². The highest BCUT2D eigenvalue weighted by Gasteiger charge is 2.04. The number of rotatable bonds is 5. The Hall–Kier alpha value is -0.930. The lowest BCUT2D eigenvalue weighted by Crippen LogP contribution is -2.26. The van der Waals surface area contributed by atoms with Crippen LogP contribution in [0.5, 0.6) is 0 Å². The third kappa shape index (κ3) is 3.61. The minimum absolute atomic E-state index is 0.141. The Labute approximate surface area is 90.3 Å². The fourth-order valence-electron chi connectivity index (χ4n) is 1.48. The first kappa shape index (κ1) is 12.1. The van der Waals surface area contributed by atoms with E-state index in [-0.39, 0.29) is 12.4 Å². The lowest BCUT2D eigenvalue weighted by Gasteiger charge is -2.19. The predicted molar refractivity (Wildman–Crippen MR) is 59.2 cm³/mol. The first-order chi connectivity index (χ1) is 7.17. The van der Waals surface area contributed by atoms with Gasteiger partial charge in [0, 0.05) is 13.1 Å². The summed E-state index contributed by atoms with van der Waals surface area (Å²) in [4.78, 5) is 2.07. The molecule has 1 aromatic rings. The van der Waals surface area contributed by atoms with E-state index >= 15 is 0 Å². The van der Waals surface area contributed by atoms with Crippen molar-refractivity contribution in [1.29, 1.82) is 0 Å². The van der Waals surface area contributed by atoms with Gasteiger partial charge < -0.3 is 5.11 Å². The highest BCUT2D eigenvalue weighted by Crippen LogP contribution is 2.11. The van der Waals surface area contributed by atoms with Gasteiger partial charge in [-0.3, -0.25) is 4.90 Å². The van der Waals surface area contributed by atoms with Crippen LogP contribution in [0.3, 0.4) is 0 Å². The average molecular weight is 211 g/mol. The number of nitrogens with zero attached hydrogens (tertiary/aromatic N) is 1. The van der Waals surface area contributed by atoms with Gasteiger partial charge >= 0.3 is 0 Å². The van der Waals surface area contributed by atoms with Gasteiger partial charge in [-0.15, -0.1) is 0 Å². The minimum Gasteiger partial charge on any atom is -0.395 e. The Morgan fingerprint density at radius 1 is 1.40 bits per heavy atom. The van der Waals surface area contributed by atoms with Gasteiger partial charge in [-0.05, 0) is 30.7 Å². The fraction of sp³-hybridized carbons (Fsp3) is 0.500. The molecule has 0 saturated heterocycles. The summed E-state index contributed by atoms with van der Waals surface area (Å²) >= 11 is 0. The number of halogens is 1. The molecule has 3 heteroatoms. The summed E-state index contributed by atoms with van der Waals surface area (Å²) in [5.41, 5.74) is 1.62. The molecule has 2 nitrogen and oxygen atoms in total. The first-order valence-electron chi connectivity index (χ1n) is 5.25. The second kappa shape index (κ2) is 5.83. The molecule has 0 heterocycles. The maximum absolute atomic E-state index is 13.3. The van der Waals surface area contributed by atoms with Crippen molar-refractivity contribution in [2.24, 2.45) is 0 Å². The molecule has 1 N–H and O–H groups in total. The van der Waals surface area contributed by atoms with Gasteiger partial charge in [-0.25, -0.2) is 4.39 Å². The largest absolute Gasteiger partial charge is 0.395 e. The summed E-state index contributed by atoms with van der Waals surface area (Å²) in [6.45, 7) is 6.10. The summed E-state index contributed by atoms with van der Waals surface area (Å²) in [5, 5.41) is 8.83. The molecule has 0 radical (unpaired) electrons. The van der Waals surface area contributed by atoms with Gasteiger partial charge in [-0.2, -0.15) is 0 Å². The molecular weight excluding hydrogens is 193 g/mol. The average Bonchev–Trinajstić information content (AvgIpc) is 2.23. The van der Waals surface area contributed by atoms with Gasteiger partial charge in [0.15, 0.2) is 0 Å². The van der Waals surface area contributed by atoms with Crippen LogP contribution >= 0.6 is 0 Å². The lowest BCUT2D eigenvalue weighted by molar-refractivity contribution is 0.196. The van der Waals surface area contributed by atoms with Crippen molar-refractivity contribution in [2.75, 3.05) is 19.7 Å². The van der Waals surface area contributed by atoms with Crippen LogP contribution in [-0.4, -0.2) is 29.7 Å². The Balaban J connectivity index is 2.66. The van der Waals surface area contributed by atoms with Gasteiger partial charge in [0.1, 0.15) is 5.82 Å². The van der Waals surface area contributed by atoms with Gasteiger partial charge in [0.05, 0.1) is 6.61 Å². The lowest BCUT2D eigenvalue weighted by atomic mass is 10.1. The molecule has 0 amide bonds. The van der Waals surface area contributed by atoms with Crippen molar-refractivity contribution < 1.29 is 9.50 Å². The quantitative estimate of drug-likeness (QED) is 0.804. The van der Waals surface area contributed by atoms with Crippen LogP contribution in [0.4, 0.5) is 4.39 Å². The molecule has 0 saturated carbocycles. The number of aliphatic hydroxyl groups excluding tert-OH is 1. The van der Waals surface area contributed by atoms with Crippen molar-refractivity contribution in [1.82, 2.24) is 4.90 Å². The molecule has 0 bridgehead atoms. The molecule has 0 atom stereocenters. The first-order valence-corrected chi connectivity index (χ1v) is 5.25. The van der Waals surface area contributed by atoms with Crippen molar-refractivity contribution in [3.63, 3.8) is 0 Å². The van der Waals surface area contributed by atoms with Crippen LogP contribution in [0.1, 0.15) is 18.1 Å².